The van der Waals surface area contributed by atoms with Gasteiger partial charge in [0.05, 0.1) is 0 Å². The van der Waals surface area contributed by atoms with Gasteiger partial charge < -0.3 is 4.74 Å². The molecule has 0 amide bonds. The maximum Gasteiger partial charge on any atom is 0.177 e. The molecule has 0 bridgehead atoms. The van der Waals surface area contributed by atoms with E-state index in [2.05, 4.69) is 25.8 Å². The molecule has 0 unspecified atom stereocenters. The second kappa shape index (κ2) is 5.07. The van der Waals surface area contributed by atoms with Crippen LogP contribution in [0, 0.1) is 6.92 Å². The van der Waals surface area contributed by atoms with Crippen molar-refractivity contribution in [2.75, 3.05) is 6.61 Å². The molecule has 0 saturated heterocycles. The van der Waals surface area contributed by atoms with Gasteiger partial charge in [-0.15, -0.1) is 11.3 Å². The van der Waals surface area contributed by atoms with Gasteiger partial charge in [0.25, 0.3) is 0 Å². The van der Waals surface area contributed by atoms with E-state index in [9.17, 15) is 0 Å². The van der Waals surface area contributed by atoms with E-state index in [-0.39, 0.29) is 0 Å². The van der Waals surface area contributed by atoms with Crippen LogP contribution in [-0.4, -0.2) is 6.61 Å². The molecule has 0 N–H and O–H groups in total. The Hall–Kier alpha value is -0.760. The van der Waals surface area contributed by atoms with Gasteiger partial charge in [0.1, 0.15) is 6.61 Å². The number of hydrogen-bond donors (Lipinski definition) is 0. The molecule has 0 aliphatic heterocycles. The van der Waals surface area contributed by atoms with Gasteiger partial charge in [0, 0.05) is 5.56 Å². The molecule has 0 fully saturated rings. The van der Waals surface area contributed by atoms with Gasteiger partial charge in [-0.2, -0.15) is 0 Å². The summed E-state index contributed by atoms with van der Waals surface area (Å²) >= 11 is 1.69. The molecule has 13 heavy (non-hydrogen) atoms. The molecule has 0 aromatic carbocycles. The molecule has 0 atom stereocenters. The van der Waals surface area contributed by atoms with Gasteiger partial charge in [-0.3, -0.25) is 0 Å². The molecule has 0 radical (unpaired) electrons. The molecular formula is C11H16OS. The molecule has 1 aromatic rings. The number of thiophene rings is 1. The first-order valence-electron chi connectivity index (χ1n) is 4.60. The first-order valence-corrected chi connectivity index (χ1v) is 5.48. The van der Waals surface area contributed by atoms with E-state index in [4.69, 9.17) is 4.74 Å². The van der Waals surface area contributed by atoms with Crippen LogP contribution in [0.25, 0.3) is 0 Å². The molecule has 2 heteroatoms. The quantitative estimate of drug-likeness (QED) is 0.654. The molecule has 1 heterocycles. The highest BCUT2D eigenvalue weighted by atomic mass is 32.1. The van der Waals surface area contributed by atoms with Crippen LogP contribution >= 0.6 is 11.3 Å². The fraction of sp³-hybridized carbons (Fsp3) is 0.455. The number of ether oxygens (including phenoxy) is 1. The van der Waals surface area contributed by atoms with Crippen molar-refractivity contribution in [1.29, 1.82) is 0 Å². The lowest BCUT2D eigenvalue weighted by atomic mass is 10.1. The predicted molar refractivity (Wildman–Crippen MR) is 58.7 cm³/mol. The zero-order valence-corrected chi connectivity index (χ0v) is 9.12. The first kappa shape index (κ1) is 10.3. The normalized spacial score (nSPS) is 10.0. The average Bonchev–Trinajstić information content (AvgIpc) is 2.46. The molecule has 1 aromatic heterocycles. The minimum absolute atomic E-state index is 0.608. The Morgan fingerprint density at radius 1 is 1.62 bits per heavy atom. The largest absolute Gasteiger partial charge is 0.480 e. The Morgan fingerprint density at radius 3 is 3.00 bits per heavy atom. The third-order valence-electron chi connectivity index (χ3n) is 1.90. The van der Waals surface area contributed by atoms with Crippen LogP contribution in [0.2, 0.25) is 0 Å². The van der Waals surface area contributed by atoms with E-state index in [1.807, 2.05) is 0 Å². The third kappa shape index (κ3) is 2.59. The first-order chi connectivity index (χ1) is 6.29. The van der Waals surface area contributed by atoms with Gasteiger partial charge >= 0.3 is 0 Å². The Kier molecular flexibility index (Phi) is 4.03. The molecule has 0 aliphatic carbocycles. The monoisotopic (exact) mass is 196 g/mol. The van der Waals surface area contributed by atoms with Crippen LogP contribution in [0.3, 0.4) is 0 Å². The van der Waals surface area contributed by atoms with Gasteiger partial charge in [0.2, 0.25) is 0 Å². The number of aryl methyl sites for hydroxylation is 1. The Bertz CT molecular complexity index is 276. The van der Waals surface area contributed by atoms with Gasteiger partial charge in [-0.05, 0) is 24.3 Å². The number of hydrogen-bond acceptors (Lipinski definition) is 2. The predicted octanol–water partition coefficient (Wildman–Crippen LogP) is 3.57. The Morgan fingerprint density at radius 2 is 2.38 bits per heavy atom. The Labute approximate surface area is 84.1 Å². The molecule has 1 rings (SSSR count). The van der Waals surface area contributed by atoms with Crippen molar-refractivity contribution < 1.29 is 4.74 Å². The van der Waals surface area contributed by atoms with Crippen LogP contribution in [0.15, 0.2) is 18.0 Å². The third-order valence-corrected chi connectivity index (χ3v) is 2.95. The highest BCUT2D eigenvalue weighted by Gasteiger charge is 2.07. The van der Waals surface area contributed by atoms with E-state index >= 15 is 0 Å². The van der Waals surface area contributed by atoms with Crippen LogP contribution in [-0.2, 0) is 6.42 Å². The highest BCUT2D eigenvalue weighted by Crippen LogP contribution is 2.31. The summed E-state index contributed by atoms with van der Waals surface area (Å²) in [7, 11) is 0. The molecule has 0 aliphatic rings. The van der Waals surface area contributed by atoms with Crippen molar-refractivity contribution >= 4 is 11.3 Å². The van der Waals surface area contributed by atoms with Crippen molar-refractivity contribution in [1.82, 2.24) is 0 Å². The maximum absolute atomic E-state index is 5.56. The standard InChI is InChI=1S/C11H16OS/c1-4-6-10-9(3)8-13-11(10)12-7-5-2/h5,8H,2,4,6-7H2,1,3H3. The summed E-state index contributed by atoms with van der Waals surface area (Å²) in [4.78, 5) is 0. The molecule has 72 valence electrons. The van der Waals surface area contributed by atoms with Gasteiger partial charge in [0.15, 0.2) is 5.06 Å². The lowest BCUT2D eigenvalue weighted by molar-refractivity contribution is 0.370. The second-order valence-electron chi connectivity index (χ2n) is 3.03. The van der Waals surface area contributed by atoms with E-state index in [0.717, 1.165) is 11.5 Å². The summed E-state index contributed by atoms with van der Waals surface area (Å²) in [6.07, 6.45) is 4.06. The lowest BCUT2D eigenvalue weighted by Gasteiger charge is -2.04. The summed E-state index contributed by atoms with van der Waals surface area (Å²) in [6.45, 7) is 8.58. The van der Waals surface area contributed by atoms with Crippen LogP contribution in [0.5, 0.6) is 5.06 Å². The van der Waals surface area contributed by atoms with Crippen molar-refractivity contribution in [2.24, 2.45) is 0 Å². The molecule has 1 nitrogen and oxygen atoms in total. The molecule has 0 spiro atoms. The fourth-order valence-corrected chi connectivity index (χ4v) is 2.22. The fourth-order valence-electron chi connectivity index (χ4n) is 1.25. The second-order valence-corrected chi connectivity index (χ2v) is 3.88. The number of rotatable bonds is 5. The van der Waals surface area contributed by atoms with Crippen LogP contribution in [0.1, 0.15) is 24.5 Å². The van der Waals surface area contributed by atoms with Crippen molar-refractivity contribution in [3.05, 3.63) is 29.2 Å². The minimum atomic E-state index is 0.608. The lowest BCUT2D eigenvalue weighted by Crippen LogP contribution is -1.94. The van der Waals surface area contributed by atoms with Crippen molar-refractivity contribution in [3.8, 4) is 5.06 Å². The summed E-state index contributed by atoms with van der Waals surface area (Å²) in [6, 6.07) is 0. The van der Waals surface area contributed by atoms with Crippen molar-refractivity contribution in [3.63, 3.8) is 0 Å². The topological polar surface area (TPSA) is 9.23 Å². The van der Waals surface area contributed by atoms with Gasteiger partial charge in [-0.25, -0.2) is 0 Å². The summed E-state index contributed by atoms with van der Waals surface area (Å²) in [5.74, 6) is 0. The van der Waals surface area contributed by atoms with E-state index < -0.39 is 0 Å². The summed E-state index contributed by atoms with van der Waals surface area (Å²) in [5, 5.41) is 3.22. The average molecular weight is 196 g/mol. The van der Waals surface area contributed by atoms with E-state index in [1.165, 1.54) is 17.5 Å². The summed E-state index contributed by atoms with van der Waals surface area (Å²) < 4.78 is 5.56. The SMILES string of the molecule is C=CCOc1scc(C)c1CCC. The summed E-state index contributed by atoms with van der Waals surface area (Å²) in [5.41, 5.74) is 2.72. The molecular weight excluding hydrogens is 180 g/mol. The van der Waals surface area contributed by atoms with E-state index in [1.54, 1.807) is 17.4 Å². The highest BCUT2D eigenvalue weighted by molar-refractivity contribution is 7.12. The zero-order chi connectivity index (χ0) is 9.68. The van der Waals surface area contributed by atoms with E-state index in [0.29, 0.717) is 6.61 Å². The van der Waals surface area contributed by atoms with Crippen molar-refractivity contribution in [2.45, 2.75) is 26.7 Å². The van der Waals surface area contributed by atoms with Crippen LogP contribution in [0.4, 0.5) is 0 Å². The minimum Gasteiger partial charge on any atom is -0.480 e. The Balaban J connectivity index is 2.73. The smallest absolute Gasteiger partial charge is 0.177 e. The van der Waals surface area contributed by atoms with Crippen LogP contribution < -0.4 is 4.74 Å². The van der Waals surface area contributed by atoms with Gasteiger partial charge in [-0.1, -0.05) is 26.0 Å². The zero-order valence-electron chi connectivity index (χ0n) is 8.30. The maximum atomic E-state index is 5.56. The molecule has 0 saturated carbocycles.